The third-order valence-corrected chi connectivity index (χ3v) is 4.13. The zero-order valence-corrected chi connectivity index (χ0v) is 14.0. The second kappa shape index (κ2) is 7.43. The van der Waals surface area contributed by atoms with Crippen molar-refractivity contribution < 1.29 is 13.9 Å². The van der Waals surface area contributed by atoms with Gasteiger partial charge < -0.3 is 20.3 Å². The molecule has 1 amide bonds. The summed E-state index contributed by atoms with van der Waals surface area (Å²) in [5.74, 6) is 0.382. The number of carbonyl (C=O) groups excluding carboxylic acids is 1. The zero-order valence-electron chi connectivity index (χ0n) is 14.0. The van der Waals surface area contributed by atoms with Gasteiger partial charge in [-0.15, -0.1) is 0 Å². The van der Waals surface area contributed by atoms with Gasteiger partial charge in [0.1, 0.15) is 18.2 Å². The van der Waals surface area contributed by atoms with Gasteiger partial charge in [0, 0.05) is 45.2 Å². The largest absolute Gasteiger partial charge is 0.377 e. The fourth-order valence-electron chi connectivity index (χ4n) is 2.92. The number of methoxy groups -OCH3 is 1. The second-order valence-corrected chi connectivity index (χ2v) is 5.76. The van der Waals surface area contributed by atoms with Crippen molar-refractivity contribution in [2.24, 2.45) is 5.73 Å². The number of nitrogens with zero attached hydrogens (tertiary/aromatic N) is 4. The third kappa shape index (κ3) is 3.85. The molecule has 0 radical (unpaired) electrons. The number of carbonyl (C=O) groups is 1. The average Bonchev–Trinajstić information content (AvgIpc) is 2.62. The van der Waals surface area contributed by atoms with E-state index in [1.165, 1.54) is 12.1 Å². The lowest BCUT2D eigenvalue weighted by atomic mass is 10.1. The van der Waals surface area contributed by atoms with Gasteiger partial charge in [-0.1, -0.05) is 0 Å². The summed E-state index contributed by atoms with van der Waals surface area (Å²) in [6, 6.07) is 6.00. The Labute approximate surface area is 145 Å². The van der Waals surface area contributed by atoms with E-state index in [0.717, 1.165) is 18.9 Å². The Bertz CT molecular complexity index is 762. The van der Waals surface area contributed by atoms with E-state index >= 15 is 0 Å². The summed E-state index contributed by atoms with van der Waals surface area (Å²) in [4.78, 5) is 24.4. The van der Waals surface area contributed by atoms with E-state index in [1.807, 2.05) is 11.0 Å². The monoisotopic (exact) mass is 345 g/mol. The van der Waals surface area contributed by atoms with Crippen molar-refractivity contribution in [3.8, 4) is 0 Å². The van der Waals surface area contributed by atoms with Crippen LogP contribution in [0.4, 0.5) is 15.9 Å². The number of piperazine rings is 1. The predicted molar refractivity (Wildman–Crippen MR) is 92.1 cm³/mol. The Balaban J connectivity index is 1.72. The Kier molecular flexibility index (Phi) is 5.08. The highest BCUT2D eigenvalue weighted by molar-refractivity contribution is 5.98. The van der Waals surface area contributed by atoms with Gasteiger partial charge in [-0.2, -0.15) is 0 Å². The van der Waals surface area contributed by atoms with Crippen molar-refractivity contribution in [3.05, 3.63) is 47.7 Å². The van der Waals surface area contributed by atoms with Gasteiger partial charge in [0.25, 0.3) is 5.91 Å². The number of hydrogen-bond acceptors (Lipinski definition) is 6. The number of amides is 1. The number of anilines is 2. The van der Waals surface area contributed by atoms with Gasteiger partial charge in [0.05, 0.1) is 5.56 Å². The van der Waals surface area contributed by atoms with E-state index in [9.17, 15) is 9.18 Å². The Morgan fingerprint density at radius 1 is 1.24 bits per heavy atom. The number of nitrogens with two attached hydrogens (primary N) is 1. The van der Waals surface area contributed by atoms with Crippen molar-refractivity contribution in [1.82, 2.24) is 9.97 Å². The number of ether oxygens (including phenoxy) is 1. The molecular weight excluding hydrogens is 325 g/mol. The molecule has 7 nitrogen and oxygen atoms in total. The molecule has 0 spiro atoms. The first-order valence-electron chi connectivity index (χ1n) is 7.98. The highest BCUT2D eigenvalue weighted by atomic mass is 19.1. The normalized spacial score (nSPS) is 14.6. The van der Waals surface area contributed by atoms with Crippen LogP contribution in [0.25, 0.3) is 0 Å². The molecule has 2 heterocycles. The molecule has 0 bridgehead atoms. The van der Waals surface area contributed by atoms with E-state index in [4.69, 9.17) is 10.5 Å². The maximum atomic E-state index is 13.4. The molecule has 2 aromatic rings. The molecule has 8 heteroatoms. The molecule has 1 aliphatic rings. The van der Waals surface area contributed by atoms with Crippen LogP contribution in [0.1, 0.15) is 16.2 Å². The number of aromatic nitrogens is 2. The van der Waals surface area contributed by atoms with Gasteiger partial charge >= 0.3 is 0 Å². The van der Waals surface area contributed by atoms with Crippen LogP contribution in [0.5, 0.6) is 0 Å². The molecule has 1 aromatic heterocycles. The first-order valence-corrected chi connectivity index (χ1v) is 7.98. The molecule has 1 fully saturated rings. The van der Waals surface area contributed by atoms with Crippen LogP contribution in [0, 0.1) is 5.82 Å². The van der Waals surface area contributed by atoms with Crippen LogP contribution in [-0.4, -0.2) is 49.2 Å². The lowest BCUT2D eigenvalue weighted by Crippen LogP contribution is -2.47. The molecule has 2 N–H and O–H groups in total. The third-order valence-electron chi connectivity index (χ3n) is 4.13. The molecule has 3 rings (SSSR count). The fourth-order valence-corrected chi connectivity index (χ4v) is 2.92. The highest BCUT2D eigenvalue weighted by Gasteiger charge is 2.22. The summed E-state index contributed by atoms with van der Waals surface area (Å²) >= 11 is 0. The maximum Gasteiger partial charge on any atom is 0.250 e. The molecule has 25 heavy (non-hydrogen) atoms. The number of benzene rings is 1. The lowest BCUT2D eigenvalue weighted by Gasteiger charge is -2.37. The number of rotatable bonds is 5. The van der Waals surface area contributed by atoms with E-state index in [0.29, 0.717) is 31.2 Å². The minimum Gasteiger partial charge on any atom is -0.377 e. The molecule has 0 atom stereocenters. The molecule has 0 aliphatic carbocycles. The SMILES string of the molecule is COCc1nccc(N2CCN(c3ccc(F)cc3C(N)=O)CC2)n1. The average molecular weight is 345 g/mol. The summed E-state index contributed by atoms with van der Waals surface area (Å²) in [6.45, 7) is 3.16. The summed E-state index contributed by atoms with van der Waals surface area (Å²) in [7, 11) is 1.60. The van der Waals surface area contributed by atoms with Crippen molar-refractivity contribution in [2.75, 3.05) is 43.1 Å². The molecule has 132 valence electrons. The van der Waals surface area contributed by atoms with E-state index < -0.39 is 11.7 Å². The molecule has 1 aromatic carbocycles. The van der Waals surface area contributed by atoms with Gasteiger partial charge in [-0.25, -0.2) is 14.4 Å². The second-order valence-electron chi connectivity index (χ2n) is 5.76. The first kappa shape index (κ1) is 17.1. The number of halogens is 1. The topological polar surface area (TPSA) is 84.6 Å². The van der Waals surface area contributed by atoms with Gasteiger partial charge in [0.2, 0.25) is 0 Å². The predicted octanol–water partition coefficient (Wildman–Crippen LogP) is 1.19. The maximum absolute atomic E-state index is 13.4. The van der Waals surface area contributed by atoms with Crippen molar-refractivity contribution in [1.29, 1.82) is 0 Å². The van der Waals surface area contributed by atoms with Crippen LogP contribution >= 0.6 is 0 Å². The van der Waals surface area contributed by atoms with Crippen molar-refractivity contribution in [3.63, 3.8) is 0 Å². The Hall–Kier alpha value is -2.74. The Morgan fingerprint density at radius 2 is 1.96 bits per heavy atom. The van der Waals surface area contributed by atoms with Crippen LogP contribution in [0.2, 0.25) is 0 Å². The van der Waals surface area contributed by atoms with Gasteiger partial charge in [0.15, 0.2) is 5.82 Å². The van der Waals surface area contributed by atoms with E-state index in [-0.39, 0.29) is 5.56 Å². The van der Waals surface area contributed by atoms with E-state index in [2.05, 4.69) is 14.9 Å². The minimum atomic E-state index is -0.628. The van der Waals surface area contributed by atoms with Crippen LogP contribution in [0.3, 0.4) is 0 Å². The van der Waals surface area contributed by atoms with Crippen LogP contribution in [0.15, 0.2) is 30.5 Å². The Morgan fingerprint density at radius 3 is 2.64 bits per heavy atom. The van der Waals surface area contributed by atoms with Crippen LogP contribution in [-0.2, 0) is 11.3 Å². The smallest absolute Gasteiger partial charge is 0.250 e. The van der Waals surface area contributed by atoms with Crippen molar-refractivity contribution >= 4 is 17.4 Å². The highest BCUT2D eigenvalue weighted by Crippen LogP contribution is 2.24. The molecule has 1 saturated heterocycles. The quantitative estimate of drug-likeness (QED) is 0.876. The van der Waals surface area contributed by atoms with Gasteiger partial charge in [-0.3, -0.25) is 4.79 Å². The summed E-state index contributed by atoms with van der Waals surface area (Å²) in [5.41, 5.74) is 6.25. The number of primary amides is 1. The van der Waals surface area contributed by atoms with Crippen LogP contribution < -0.4 is 15.5 Å². The molecule has 0 unspecified atom stereocenters. The summed E-state index contributed by atoms with van der Waals surface area (Å²) in [5, 5.41) is 0. The minimum absolute atomic E-state index is 0.206. The molecular formula is C17H20FN5O2. The standard InChI is InChI=1S/C17H20FN5O2/c1-25-11-15-20-5-4-16(21-15)23-8-6-22(7-9-23)14-3-2-12(18)10-13(14)17(19)24/h2-5,10H,6-9,11H2,1H3,(H2,19,24). The zero-order chi connectivity index (χ0) is 17.8. The lowest BCUT2D eigenvalue weighted by molar-refractivity contribution is 0.100. The fraction of sp³-hybridized carbons (Fsp3) is 0.353. The molecule has 1 aliphatic heterocycles. The number of hydrogen-bond donors (Lipinski definition) is 1. The molecule has 0 saturated carbocycles. The summed E-state index contributed by atoms with van der Waals surface area (Å²) < 4.78 is 18.5. The van der Waals surface area contributed by atoms with Crippen molar-refractivity contribution in [2.45, 2.75) is 6.61 Å². The van der Waals surface area contributed by atoms with E-state index in [1.54, 1.807) is 19.4 Å². The van der Waals surface area contributed by atoms with Gasteiger partial charge in [-0.05, 0) is 24.3 Å². The first-order chi connectivity index (χ1) is 12.1. The summed E-state index contributed by atoms with van der Waals surface area (Å²) in [6.07, 6.45) is 1.72.